The molecule has 4 heterocycles. The van der Waals surface area contributed by atoms with E-state index in [2.05, 4.69) is 4.90 Å². The highest BCUT2D eigenvalue weighted by molar-refractivity contribution is 7.99. The number of sulfonamides is 1. The molecule has 44 heavy (non-hydrogen) atoms. The molecule has 0 radical (unpaired) electrons. The summed E-state index contributed by atoms with van der Waals surface area (Å²) in [6, 6.07) is 3.78. The lowest BCUT2D eigenvalue weighted by atomic mass is 10.0. The SMILES string of the molecule is CS(=O)(=O)N1CCc2c(c(-c3ccc(C(F)(F)F)c(SCCN4CCC(F)(F)CC4)c3)nn2C[C@@H](O)CN2CCOCC2)C1. The number of aliphatic hydroxyl groups excluding tert-OH is 1. The molecule has 0 bridgehead atoms. The van der Waals surface area contributed by atoms with Crippen LogP contribution in [-0.2, 0) is 40.4 Å². The van der Waals surface area contributed by atoms with Crippen LogP contribution in [0.4, 0.5) is 22.0 Å². The molecule has 2 saturated heterocycles. The molecule has 1 aromatic heterocycles. The summed E-state index contributed by atoms with van der Waals surface area (Å²) in [6.07, 6.45) is -4.45. The molecule has 16 heteroatoms. The summed E-state index contributed by atoms with van der Waals surface area (Å²) in [5, 5.41) is 15.6. The number of halogens is 5. The van der Waals surface area contributed by atoms with E-state index in [1.807, 2.05) is 4.90 Å². The molecule has 0 amide bonds. The van der Waals surface area contributed by atoms with Crippen molar-refractivity contribution in [1.82, 2.24) is 23.9 Å². The number of β-amino-alcohol motifs (C(OH)–C–C–N with tert-alkyl or cyclic N) is 1. The molecule has 1 aromatic carbocycles. The average Bonchev–Trinajstić information content (AvgIpc) is 3.31. The summed E-state index contributed by atoms with van der Waals surface area (Å²) in [6.45, 7) is 4.10. The standard InChI is InChI=1S/C28H38F5N5O4S2/c1-44(40,41)37-7-4-24-22(19-37)26(34-38(24)18-21(39)17-36-10-13-42-14-11-36)20-2-3-23(28(31,32)33)25(16-20)43-15-12-35-8-5-27(29,30)6-9-35/h2-3,16,21,39H,4-15,17-19H2,1H3/t21-/m0/s1. The molecule has 246 valence electrons. The van der Waals surface area contributed by atoms with Crippen LogP contribution in [0.25, 0.3) is 11.3 Å². The zero-order chi connectivity index (χ0) is 31.7. The van der Waals surface area contributed by atoms with Gasteiger partial charge in [0.15, 0.2) is 0 Å². The van der Waals surface area contributed by atoms with Crippen LogP contribution in [0.2, 0.25) is 0 Å². The first kappa shape index (κ1) is 33.5. The van der Waals surface area contributed by atoms with E-state index in [1.165, 1.54) is 16.4 Å². The Bertz CT molecular complexity index is 1410. The van der Waals surface area contributed by atoms with E-state index >= 15 is 0 Å². The molecule has 0 saturated carbocycles. The summed E-state index contributed by atoms with van der Waals surface area (Å²) < 4.78 is 102. The predicted molar refractivity (Wildman–Crippen MR) is 156 cm³/mol. The molecule has 0 unspecified atom stereocenters. The van der Waals surface area contributed by atoms with Crippen molar-refractivity contribution in [3.63, 3.8) is 0 Å². The third-order valence-corrected chi connectivity index (χ3v) is 10.6. The molecule has 1 N–H and O–H groups in total. The highest BCUT2D eigenvalue weighted by Crippen LogP contribution is 2.40. The number of likely N-dealkylation sites (tertiary alicyclic amines) is 1. The Morgan fingerprint density at radius 3 is 2.43 bits per heavy atom. The zero-order valence-electron chi connectivity index (χ0n) is 24.5. The Kier molecular flexibility index (Phi) is 10.3. The molecule has 0 spiro atoms. The van der Waals surface area contributed by atoms with Gasteiger partial charge >= 0.3 is 6.18 Å². The fraction of sp³-hybridized carbons (Fsp3) is 0.679. The van der Waals surface area contributed by atoms with Gasteiger partial charge < -0.3 is 14.7 Å². The maximum atomic E-state index is 14.0. The van der Waals surface area contributed by atoms with Gasteiger partial charge in [0.1, 0.15) is 0 Å². The third kappa shape index (κ3) is 8.30. The highest BCUT2D eigenvalue weighted by atomic mass is 32.2. The number of piperidine rings is 1. The van der Waals surface area contributed by atoms with Gasteiger partial charge in [0, 0.05) is 99.1 Å². The van der Waals surface area contributed by atoms with Crippen LogP contribution in [0.3, 0.4) is 0 Å². The Morgan fingerprint density at radius 1 is 1.07 bits per heavy atom. The maximum absolute atomic E-state index is 14.0. The molecule has 1 atom stereocenters. The molecule has 5 rings (SSSR count). The molecule has 9 nitrogen and oxygen atoms in total. The van der Waals surface area contributed by atoms with Crippen LogP contribution in [0.15, 0.2) is 23.1 Å². The second-order valence-electron chi connectivity index (χ2n) is 11.6. The average molecular weight is 668 g/mol. The number of morpholine rings is 1. The van der Waals surface area contributed by atoms with Crippen molar-refractivity contribution >= 4 is 21.8 Å². The monoisotopic (exact) mass is 667 g/mol. The van der Waals surface area contributed by atoms with Gasteiger partial charge in [-0.05, 0) is 12.1 Å². The number of hydrogen-bond donors (Lipinski definition) is 1. The predicted octanol–water partition coefficient (Wildman–Crippen LogP) is 3.40. The van der Waals surface area contributed by atoms with Crippen molar-refractivity contribution in [2.45, 2.75) is 55.5 Å². The lowest BCUT2D eigenvalue weighted by Gasteiger charge is -2.31. The van der Waals surface area contributed by atoms with Gasteiger partial charge in [-0.1, -0.05) is 6.07 Å². The molecule has 3 aliphatic heterocycles. The van der Waals surface area contributed by atoms with Gasteiger partial charge in [0.05, 0.1) is 43.4 Å². The third-order valence-electron chi connectivity index (χ3n) is 8.34. The van der Waals surface area contributed by atoms with Crippen molar-refractivity contribution in [3.05, 3.63) is 35.0 Å². The lowest BCUT2D eigenvalue weighted by Crippen LogP contribution is -2.42. The molecular formula is C28H38F5N5O4S2. The summed E-state index contributed by atoms with van der Waals surface area (Å²) in [7, 11) is -3.54. The number of fused-ring (bicyclic) bond motifs is 1. The minimum atomic E-state index is -4.61. The first-order chi connectivity index (χ1) is 20.7. The number of ether oxygens (including phenoxy) is 1. The number of nitrogens with zero attached hydrogens (tertiary/aromatic N) is 5. The Hall–Kier alpha value is -1.82. The van der Waals surface area contributed by atoms with E-state index in [-0.39, 0.29) is 56.2 Å². The van der Waals surface area contributed by atoms with Gasteiger partial charge in [-0.15, -0.1) is 11.8 Å². The first-order valence-corrected chi connectivity index (χ1v) is 17.5. The second kappa shape index (κ2) is 13.5. The number of hydrogen-bond acceptors (Lipinski definition) is 8. The van der Waals surface area contributed by atoms with E-state index in [1.54, 1.807) is 4.68 Å². The number of aromatic nitrogens is 2. The largest absolute Gasteiger partial charge is 0.417 e. The van der Waals surface area contributed by atoms with E-state index in [9.17, 15) is 35.5 Å². The fourth-order valence-electron chi connectivity index (χ4n) is 5.88. The van der Waals surface area contributed by atoms with Crippen LogP contribution in [0.5, 0.6) is 0 Å². The summed E-state index contributed by atoms with van der Waals surface area (Å²) >= 11 is 1.01. The van der Waals surface area contributed by atoms with Crippen LogP contribution < -0.4 is 0 Å². The Balaban J connectivity index is 1.41. The first-order valence-electron chi connectivity index (χ1n) is 14.7. The molecular weight excluding hydrogens is 629 g/mol. The molecule has 0 aliphatic carbocycles. The lowest BCUT2D eigenvalue weighted by molar-refractivity contribution is -0.139. The fourth-order valence-corrected chi connectivity index (χ4v) is 7.79. The zero-order valence-corrected chi connectivity index (χ0v) is 26.2. The van der Waals surface area contributed by atoms with Crippen LogP contribution in [-0.4, -0.2) is 120 Å². The van der Waals surface area contributed by atoms with E-state index in [0.717, 1.165) is 29.8 Å². The van der Waals surface area contributed by atoms with Gasteiger partial charge in [0.2, 0.25) is 10.0 Å². The van der Waals surface area contributed by atoms with Gasteiger partial charge in [-0.2, -0.15) is 22.6 Å². The number of rotatable bonds is 10. The van der Waals surface area contributed by atoms with Crippen LogP contribution in [0, 0.1) is 0 Å². The van der Waals surface area contributed by atoms with Crippen molar-refractivity contribution in [2.24, 2.45) is 0 Å². The van der Waals surface area contributed by atoms with Crippen LogP contribution >= 0.6 is 11.8 Å². The number of benzene rings is 1. The Labute approximate surface area is 258 Å². The normalized spacial score (nSPS) is 21.3. The highest BCUT2D eigenvalue weighted by Gasteiger charge is 2.36. The van der Waals surface area contributed by atoms with Crippen molar-refractivity contribution in [2.75, 3.05) is 71.0 Å². The molecule has 2 fully saturated rings. The van der Waals surface area contributed by atoms with E-state index in [0.29, 0.717) is 62.6 Å². The van der Waals surface area contributed by atoms with Gasteiger partial charge in [-0.25, -0.2) is 17.2 Å². The smallest absolute Gasteiger partial charge is 0.390 e. The second-order valence-corrected chi connectivity index (χ2v) is 14.7. The van der Waals surface area contributed by atoms with Gasteiger partial charge in [-0.3, -0.25) is 9.58 Å². The van der Waals surface area contributed by atoms with Crippen molar-refractivity contribution in [1.29, 1.82) is 0 Å². The van der Waals surface area contributed by atoms with Crippen molar-refractivity contribution in [3.8, 4) is 11.3 Å². The molecule has 3 aliphatic rings. The number of aliphatic hydroxyl groups is 1. The molecule has 2 aromatic rings. The Morgan fingerprint density at radius 2 is 1.77 bits per heavy atom. The minimum absolute atomic E-state index is 0.0104. The minimum Gasteiger partial charge on any atom is -0.390 e. The summed E-state index contributed by atoms with van der Waals surface area (Å²) in [5.74, 6) is -2.42. The van der Waals surface area contributed by atoms with E-state index in [4.69, 9.17) is 9.84 Å². The summed E-state index contributed by atoms with van der Waals surface area (Å²) in [4.78, 5) is 3.91. The van der Waals surface area contributed by atoms with Gasteiger partial charge in [0.25, 0.3) is 5.92 Å². The maximum Gasteiger partial charge on any atom is 0.417 e. The number of alkyl halides is 5. The van der Waals surface area contributed by atoms with Crippen LogP contribution in [0.1, 0.15) is 29.7 Å². The number of thioether (sulfide) groups is 1. The topological polar surface area (TPSA) is 91.1 Å². The van der Waals surface area contributed by atoms with Crippen molar-refractivity contribution < 1.29 is 40.2 Å². The van der Waals surface area contributed by atoms with E-state index < -0.39 is 33.8 Å². The quantitative estimate of drug-likeness (QED) is 0.305. The summed E-state index contributed by atoms with van der Waals surface area (Å²) in [5.41, 5.74) is 1.33.